The Morgan fingerprint density at radius 3 is 2.37 bits per heavy atom. The molecular weight excluding hydrogens is 362 g/mol. The van der Waals surface area contributed by atoms with Crippen molar-refractivity contribution in [3.05, 3.63) is 52.4 Å². The van der Waals surface area contributed by atoms with Crippen LogP contribution in [0.3, 0.4) is 0 Å². The number of methoxy groups -OCH3 is 1. The molecule has 2 aliphatic rings. The molecule has 1 fully saturated rings. The number of benzene rings is 1. The van der Waals surface area contributed by atoms with Gasteiger partial charge in [-0.1, -0.05) is 18.2 Å². The first-order chi connectivity index (χ1) is 13.1. The average Bonchev–Trinajstić information content (AvgIpc) is 3.29. The van der Waals surface area contributed by atoms with E-state index in [1.165, 1.54) is 16.2 Å². The fraction of sp³-hybridized carbons (Fsp3) is 0.300. The first-order valence-electron chi connectivity index (χ1n) is 8.85. The standard InChI is InChI=1S/C20H21N3O3S/c1-21-9-11-22(12-10-21)18-17(16-8-5-13-27-16)19(24)23(20(18)25)14-6-3-4-7-15(14)26-2/h3-8,13H,9-12H2,1-2H3. The van der Waals surface area contributed by atoms with E-state index in [0.717, 1.165) is 31.1 Å². The minimum Gasteiger partial charge on any atom is -0.495 e. The number of anilines is 1. The lowest BCUT2D eigenvalue weighted by Gasteiger charge is -2.34. The Bertz CT molecular complexity index is 899. The average molecular weight is 383 g/mol. The molecule has 2 aliphatic heterocycles. The van der Waals surface area contributed by atoms with Gasteiger partial charge in [-0.2, -0.15) is 0 Å². The van der Waals surface area contributed by atoms with E-state index in [0.29, 0.717) is 22.7 Å². The third-order valence-corrected chi connectivity index (χ3v) is 5.86. The number of carbonyl (C=O) groups excluding carboxylic acids is 2. The van der Waals surface area contributed by atoms with Crippen LogP contribution in [0.2, 0.25) is 0 Å². The van der Waals surface area contributed by atoms with Gasteiger partial charge in [0.1, 0.15) is 11.4 Å². The quantitative estimate of drug-likeness (QED) is 0.759. The molecule has 1 saturated heterocycles. The number of rotatable bonds is 4. The lowest BCUT2D eigenvalue weighted by molar-refractivity contribution is -0.120. The smallest absolute Gasteiger partial charge is 0.282 e. The van der Waals surface area contributed by atoms with Crippen molar-refractivity contribution < 1.29 is 14.3 Å². The second kappa shape index (κ2) is 7.17. The number of amides is 2. The number of hydrogen-bond donors (Lipinski definition) is 0. The van der Waals surface area contributed by atoms with Crippen LogP contribution >= 0.6 is 11.3 Å². The van der Waals surface area contributed by atoms with Crippen molar-refractivity contribution in [3.8, 4) is 5.75 Å². The summed E-state index contributed by atoms with van der Waals surface area (Å²) < 4.78 is 5.39. The maximum absolute atomic E-state index is 13.4. The van der Waals surface area contributed by atoms with Crippen molar-refractivity contribution in [2.45, 2.75) is 0 Å². The fourth-order valence-corrected chi connectivity index (χ4v) is 4.28. The minimum atomic E-state index is -0.291. The van der Waals surface area contributed by atoms with Crippen LogP contribution in [0.25, 0.3) is 5.57 Å². The topological polar surface area (TPSA) is 53.1 Å². The molecule has 0 unspecified atom stereocenters. The first kappa shape index (κ1) is 17.8. The van der Waals surface area contributed by atoms with Crippen LogP contribution in [0.5, 0.6) is 5.75 Å². The summed E-state index contributed by atoms with van der Waals surface area (Å²) in [5, 5.41) is 1.92. The molecule has 3 heterocycles. The highest BCUT2D eigenvalue weighted by molar-refractivity contribution is 7.11. The van der Waals surface area contributed by atoms with E-state index in [9.17, 15) is 9.59 Å². The van der Waals surface area contributed by atoms with E-state index in [2.05, 4.69) is 11.9 Å². The van der Waals surface area contributed by atoms with Gasteiger partial charge in [0, 0.05) is 31.1 Å². The Labute approximate surface area is 162 Å². The number of carbonyl (C=O) groups is 2. The summed E-state index contributed by atoms with van der Waals surface area (Å²) in [6.45, 7) is 3.16. The first-order valence-corrected chi connectivity index (χ1v) is 9.73. The van der Waals surface area contributed by atoms with Gasteiger partial charge < -0.3 is 14.5 Å². The Balaban J connectivity index is 1.80. The zero-order valence-electron chi connectivity index (χ0n) is 15.3. The van der Waals surface area contributed by atoms with Crippen LogP contribution in [-0.4, -0.2) is 62.0 Å². The van der Waals surface area contributed by atoms with Gasteiger partial charge in [0.25, 0.3) is 11.8 Å². The molecule has 140 valence electrons. The normalized spacial score (nSPS) is 18.6. The monoisotopic (exact) mass is 383 g/mol. The minimum absolute atomic E-state index is 0.280. The molecule has 0 N–H and O–H groups in total. The summed E-state index contributed by atoms with van der Waals surface area (Å²) in [4.78, 5) is 33.1. The maximum Gasteiger partial charge on any atom is 0.282 e. The van der Waals surface area contributed by atoms with E-state index < -0.39 is 0 Å². The Hall–Kier alpha value is -2.64. The van der Waals surface area contributed by atoms with Crippen LogP contribution in [-0.2, 0) is 9.59 Å². The predicted molar refractivity (Wildman–Crippen MR) is 106 cm³/mol. The van der Waals surface area contributed by atoms with Crippen molar-refractivity contribution in [2.24, 2.45) is 0 Å². The van der Waals surface area contributed by atoms with E-state index in [-0.39, 0.29) is 11.8 Å². The van der Waals surface area contributed by atoms with Crippen LogP contribution in [0.1, 0.15) is 4.88 Å². The highest BCUT2D eigenvalue weighted by atomic mass is 32.1. The molecular formula is C20H21N3O3S. The number of piperazine rings is 1. The number of imide groups is 1. The van der Waals surface area contributed by atoms with Gasteiger partial charge in [-0.15, -0.1) is 11.3 Å². The molecule has 4 rings (SSSR count). The van der Waals surface area contributed by atoms with Crippen molar-refractivity contribution in [1.82, 2.24) is 9.80 Å². The second-order valence-electron chi connectivity index (χ2n) is 6.61. The van der Waals surface area contributed by atoms with Gasteiger partial charge in [0.15, 0.2) is 0 Å². The maximum atomic E-state index is 13.4. The van der Waals surface area contributed by atoms with Crippen molar-refractivity contribution in [3.63, 3.8) is 0 Å². The SMILES string of the molecule is COc1ccccc1N1C(=O)C(c2cccs2)=C(N2CCN(C)CC2)C1=O. The lowest BCUT2D eigenvalue weighted by Crippen LogP contribution is -2.46. The van der Waals surface area contributed by atoms with E-state index in [1.54, 1.807) is 25.3 Å². The second-order valence-corrected chi connectivity index (χ2v) is 7.56. The molecule has 0 spiro atoms. The van der Waals surface area contributed by atoms with Crippen molar-refractivity contribution in [1.29, 1.82) is 0 Å². The van der Waals surface area contributed by atoms with Gasteiger partial charge >= 0.3 is 0 Å². The Kier molecular flexibility index (Phi) is 4.72. The molecule has 0 bridgehead atoms. The van der Waals surface area contributed by atoms with Crippen LogP contribution in [0.4, 0.5) is 5.69 Å². The number of hydrogen-bond acceptors (Lipinski definition) is 6. The van der Waals surface area contributed by atoms with Crippen LogP contribution < -0.4 is 9.64 Å². The number of nitrogens with zero attached hydrogens (tertiary/aromatic N) is 3. The fourth-order valence-electron chi connectivity index (χ4n) is 3.52. The number of likely N-dealkylation sites (N-methyl/N-ethyl adjacent to an activating group) is 1. The van der Waals surface area contributed by atoms with Crippen molar-refractivity contribution in [2.75, 3.05) is 45.2 Å². The van der Waals surface area contributed by atoms with Crippen LogP contribution in [0.15, 0.2) is 47.5 Å². The molecule has 6 nitrogen and oxygen atoms in total. The summed E-state index contributed by atoms with van der Waals surface area (Å²) in [6.07, 6.45) is 0. The Morgan fingerprint density at radius 1 is 0.963 bits per heavy atom. The molecule has 0 radical (unpaired) electrons. The third kappa shape index (κ3) is 3.02. The summed E-state index contributed by atoms with van der Waals surface area (Å²) >= 11 is 1.48. The van der Waals surface area contributed by atoms with E-state index in [1.807, 2.05) is 28.5 Å². The summed E-state index contributed by atoms with van der Waals surface area (Å²) in [5.41, 5.74) is 1.47. The molecule has 7 heteroatoms. The molecule has 2 amide bonds. The zero-order chi connectivity index (χ0) is 19.0. The van der Waals surface area contributed by atoms with Gasteiger partial charge in [-0.25, -0.2) is 4.90 Å². The molecule has 2 aromatic rings. The molecule has 1 aromatic heterocycles. The largest absolute Gasteiger partial charge is 0.495 e. The highest BCUT2D eigenvalue weighted by Crippen LogP contribution is 2.39. The summed E-state index contributed by atoms with van der Waals surface area (Å²) in [5.74, 6) is -0.0670. The number of thiophene rings is 1. The van der Waals surface area contributed by atoms with Gasteiger partial charge in [0.05, 0.1) is 18.4 Å². The van der Waals surface area contributed by atoms with Gasteiger partial charge in [-0.3, -0.25) is 9.59 Å². The third-order valence-electron chi connectivity index (χ3n) is 4.97. The zero-order valence-corrected chi connectivity index (χ0v) is 16.2. The molecule has 0 saturated carbocycles. The van der Waals surface area contributed by atoms with Crippen LogP contribution in [0, 0.1) is 0 Å². The lowest BCUT2D eigenvalue weighted by atomic mass is 10.1. The van der Waals surface area contributed by atoms with Gasteiger partial charge in [0.2, 0.25) is 0 Å². The molecule has 1 aromatic carbocycles. The summed E-state index contributed by atoms with van der Waals surface area (Å²) in [7, 11) is 3.60. The number of ether oxygens (including phenoxy) is 1. The van der Waals surface area contributed by atoms with E-state index in [4.69, 9.17) is 4.74 Å². The molecule has 27 heavy (non-hydrogen) atoms. The molecule has 0 atom stereocenters. The highest BCUT2D eigenvalue weighted by Gasteiger charge is 2.44. The molecule has 0 aliphatic carbocycles. The summed E-state index contributed by atoms with van der Waals surface area (Å²) in [6, 6.07) is 10.9. The predicted octanol–water partition coefficient (Wildman–Crippen LogP) is 2.29. The van der Waals surface area contributed by atoms with E-state index >= 15 is 0 Å². The number of para-hydroxylation sites is 2. The van der Waals surface area contributed by atoms with Crippen molar-refractivity contribution >= 4 is 34.4 Å². The Morgan fingerprint density at radius 2 is 1.70 bits per heavy atom. The van der Waals surface area contributed by atoms with Gasteiger partial charge in [-0.05, 0) is 30.6 Å².